The molecule has 0 atom stereocenters. The molecule has 0 saturated heterocycles. The first-order valence-corrected chi connectivity index (χ1v) is 4.62. The second-order valence-electron chi connectivity index (χ2n) is 2.41. The van der Waals surface area contributed by atoms with Gasteiger partial charge in [0.25, 0.3) is 0 Å². The molecule has 4 nitrogen and oxygen atoms in total. The molecule has 1 N–H and O–H groups in total. The first-order valence-electron chi connectivity index (χ1n) is 3.87. The van der Waals surface area contributed by atoms with Crippen molar-refractivity contribution in [3.63, 3.8) is 0 Å². The monoisotopic (exact) mass is 214 g/mol. The maximum absolute atomic E-state index is 10.2. The van der Waals surface area contributed by atoms with Crippen LogP contribution in [0.3, 0.4) is 0 Å². The van der Waals surface area contributed by atoms with Crippen molar-refractivity contribution in [2.24, 2.45) is 0 Å². The van der Waals surface area contributed by atoms with Gasteiger partial charge < -0.3 is 14.0 Å². The van der Waals surface area contributed by atoms with Crippen LogP contribution in [0.5, 0.6) is 5.75 Å². The van der Waals surface area contributed by atoms with Crippen LogP contribution in [0.4, 0.5) is 0 Å². The van der Waals surface area contributed by atoms with Gasteiger partial charge in [-0.1, -0.05) is 6.07 Å². The summed E-state index contributed by atoms with van der Waals surface area (Å²) in [5, 5.41) is 8.39. The molecule has 5 heteroatoms. The number of rotatable bonds is 5. The molecule has 76 valence electrons. The van der Waals surface area contributed by atoms with Crippen molar-refractivity contribution in [1.29, 1.82) is 0 Å². The minimum absolute atomic E-state index is 0.332. The van der Waals surface area contributed by atoms with E-state index in [0.29, 0.717) is 5.75 Å². The number of hydrogen-bond acceptors (Lipinski definition) is 4. The third-order valence-electron chi connectivity index (χ3n) is 1.35. The number of hydrogen-bond donors (Lipinski definition) is 1. The maximum atomic E-state index is 10.2. The first-order chi connectivity index (χ1) is 6.72. The highest BCUT2D eigenvalue weighted by atomic mass is 32.2. The average molecular weight is 214 g/mol. The highest BCUT2D eigenvalue weighted by molar-refractivity contribution is 7.94. The molecular formula is C9H10O4S. The van der Waals surface area contributed by atoms with E-state index in [-0.39, 0.29) is 6.61 Å². The SMILES string of the molecule is COSc1cccc(OCC(=O)O)c1. The van der Waals surface area contributed by atoms with Crippen LogP contribution in [0, 0.1) is 0 Å². The van der Waals surface area contributed by atoms with Gasteiger partial charge in [0, 0.05) is 16.9 Å². The van der Waals surface area contributed by atoms with Gasteiger partial charge in [-0.25, -0.2) is 4.79 Å². The summed E-state index contributed by atoms with van der Waals surface area (Å²) in [6.07, 6.45) is 0. The van der Waals surface area contributed by atoms with E-state index < -0.39 is 5.97 Å². The number of benzene rings is 1. The zero-order chi connectivity index (χ0) is 10.4. The van der Waals surface area contributed by atoms with Gasteiger partial charge >= 0.3 is 5.97 Å². The molecule has 0 aromatic heterocycles. The Kier molecular flexibility index (Phi) is 4.28. The van der Waals surface area contributed by atoms with E-state index in [1.165, 1.54) is 12.0 Å². The van der Waals surface area contributed by atoms with E-state index in [9.17, 15) is 4.79 Å². The lowest BCUT2D eigenvalue weighted by Gasteiger charge is -2.04. The molecule has 0 amide bonds. The molecule has 0 unspecified atom stereocenters. The summed E-state index contributed by atoms with van der Waals surface area (Å²) in [5.41, 5.74) is 0. The summed E-state index contributed by atoms with van der Waals surface area (Å²) < 4.78 is 9.84. The molecule has 0 aliphatic heterocycles. The van der Waals surface area contributed by atoms with Crippen molar-refractivity contribution >= 4 is 18.0 Å². The predicted molar refractivity (Wildman–Crippen MR) is 52.4 cm³/mol. The van der Waals surface area contributed by atoms with Crippen LogP contribution < -0.4 is 4.74 Å². The fourth-order valence-electron chi connectivity index (χ4n) is 0.857. The molecule has 0 spiro atoms. The van der Waals surface area contributed by atoms with Gasteiger partial charge in [0.2, 0.25) is 0 Å². The van der Waals surface area contributed by atoms with Crippen molar-refractivity contribution in [2.45, 2.75) is 4.90 Å². The highest BCUT2D eigenvalue weighted by Crippen LogP contribution is 2.22. The Balaban J connectivity index is 2.58. The Bertz CT molecular complexity index is 313. The quantitative estimate of drug-likeness (QED) is 0.757. The van der Waals surface area contributed by atoms with Crippen LogP contribution in [0.2, 0.25) is 0 Å². The Hall–Kier alpha value is -1.20. The van der Waals surface area contributed by atoms with E-state index >= 15 is 0 Å². The van der Waals surface area contributed by atoms with Crippen molar-refractivity contribution in [3.8, 4) is 5.75 Å². The first kappa shape index (κ1) is 10.9. The van der Waals surface area contributed by atoms with Crippen molar-refractivity contribution in [3.05, 3.63) is 24.3 Å². The second kappa shape index (κ2) is 5.51. The van der Waals surface area contributed by atoms with Gasteiger partial charge in [-0.2, -0.15) is 0 Å². The van der Waals surface area contributed by atoms with Crippen molar-refractivity contribution < 1.29 is 18.8 Å². The molecule has 0 saturated carbocycles. The molecule has 0 fully saturated rings. The van der Waals surface area contributed by atoms with Gasteiger partial charge in [0.15, 0.2) is 6.61 Å². The molecule has 0 aliphatic rings. The molecule has 1 rings (SSSR count). The van der Waals surface area contributed by atoms with Crippen molar-refractivity contribution in [1.82, 2.24) is 0 Å². The number of ether oxygens (including phenoxy) is 1. The topological polar surface area (TPSA) is 55.8 Å². The second-order valence-corrected chi connectivity index (χ2v) is 3.38. The minimum atomic E-state index is -0.991. The highest BCUT2D eigenvalue weighted by Gasteiger charge is 2.00. The zero-order valence-corrected chi connectivity index (χ0v) is 8.41. The Morgan fingerprint density at radius 2 is 2.36 bits per heavy atom. The summed E-state index contributed by atoms with van der Waals surface area (Å²) in [6.45, 7) is -0.332. The van der Waals surface area contributed by atoms with E-state index in [2.05, 4.69) is 0 Å². The van der Waals surface area contributed by atoms with E-state index in [0.717, 1.165) is 4.90 Å². The van der Waals surface area contributed by atoms with Crippen LogP contribution in [0.15, 0.2) is 29.2 Å². The molecule has 0 bridgehead atoms. The third-order valence-corrected chi connectivity index (χ3v) is 1.96. The number of carboxylic acid groups (broad SMARTS) is 1. The van der Waals surface area contributed by atoms with Crippen LogP contribution in [0.1, 0.15) is 0 Å². The third kappa shape index (κ3) is 3.68. The lowest BCUT2D eigenvalue weighted by molar-refractivity contribution is -0.139. The molecule has 1 aromatic carbocycles. The van der Waals surface area contributed by atoms with E-state index in [1.807, 2.05) is 6.07 Å². The van der Waals surface area contributed by atoms with Crippen LogP contribution in [-0.2, 0) is 8.98 Å². The van der Waals surface area contributed by atoms with Crippen LogP contribution in [0.25, 0.3) is 0 Å². The Labute approximate surface area is 86.0 Å². The Morgan fingerprint density at radius 1 is 1.57 bits per heavy atom. The lowest BCUT2D eigenvalue weighted by atomic mass is 10.3. The molecule has 1 aromatic rings. The number of aliphatic carboxylic acids is 1. The fraction of sp³-hybridized carbons (Fsp3) is 0.222. The summed E-state index contributed by atoms with van der Waals surface area (Å²) in [6, 6.07) is 7.04. The molecule has 14 heavy (non-hydrogen) atoms. The van der Waals surface area contributed by atoms with Crippen LogP contribution in [-0.4, -0.2) is 24.8 Å². The van der Waals surface area contributed by atoms with Gasteiger partial charge in [-0.05, 0) is 18.2 Å². The number of carbonyl (C=O) groups is 1. The maximum Gasteiger partial charge on any atom is 0.341 e. The number of carboxylic acids is 1. The van der Waals surface area contributed by atoms with Gasteiger partial charge in [0.1, 0.15) is 5.75 Å². The largest absolute Gasteiger partial charge is 0.482 e. The summed E-state index contributed by atoms with van der Waals surface area (Å²) in [7, 11) is 1.56. The Morgan fingerprint density at radius 3 is 3.00 bits per heavy atom. The molecule has 0 radical (unpaired) electrons. The summed E-state index contributed by atoms with van der Waals surface area (Å²) in [4.78, 5) is 11.1. The van der Waals surface area contributed by atoms with Gasteiger partial charge in [-0.3, -0.25) is 0 Å². The molecule has 0 heterocycles. The van der Waals surface area contributed by atoms with Crippen molar-refractivity contribution in [2.75, 3.05) is 13.7 Å². The van der Waals surface area contributed by atoms with Gasteiger partial charge in [0.05, 0.1) is 7.11 Å². The zero-order valence-electron chi connectivity index (χ0n) is 7.60. The summed E-state index contributed by atoms with van der Waals surface area (Å²) in [5.74, 6) is -0.468. The fourth-order valence-corrected chi connectivity index (χ4v) is 1.35. The van der Waals surface area contributed by atoms with Crippen LogP contribution >= 0.6 is 12.0 Å². The summed E-state index contributed by atoms with van der Waals surface area (Å²) >= 11 is 1.20. The smallest absolute Gasteiger partial charge is 0.341 e. The minimum Gasteiger partial charge on any atom is -0.482 e. The van der Waals surface area contributed by atoms with Gasteiger partial charge in [-0.15, -0.1) is 0 Å². The standard InChI is InChI=1S/C9H10O4S/c1-12-14-8-4-2-3-7(5-8)13-6-9(10)11/h2-5H,6H2,1H3,(H,10,11). The van der Waals surface area contributed by atoms with E-state index in [1.54, 1.807) is 25.3 Å². The average Bonchev–Trinajstić information content (AvgIpc) is 2.16. The predicted octanol–water partition coefficient (Wildman–Crippen LogP) is 1.80. The lowest BCUT2D eigenvalue weighted by Crippen LogP contribution is -2.09. The molecular weight excluding hydrogens is 204 g/mol. The normalized spacial score (nSPS) is 9.79. The molecule has 0 aliphatic carbocycles. The van der Waals surface area contributed by atoms with E-state index in [4.69, 9.17) is 14.0 Å².